The van der Waals surface area contributed by atoms with Gasteiger partial charge in [0, 0.05) is 31.2 Å². The van der Waals surface area contributed by atoms with Crippen molar-refractivity contribution in [2.75, 3.05) is 6.61 Å². The zero-order valence-corrected chi connectivity index (χ0v) is 26.0. The van der Waals surface area contributed by atoms with Crippen LogP contribution >= 0.6 is 11.6 Å². The highest BCUT2D eigenvalue weighted by Crippen LogP contribution is 2.45. The molecule has 0 amide bonds. The SMILES string of the molecule is CCc1nc(Cl)c2ccn([C@@H]3C[C@@H](CO[Si](C)(C)C(C)(C)C)[C@@H](O[Si](C)(C)C(C)(C)C)C3)c2n1. The molecule has 2 aromatic rings. The number of halogens is 1. The van der Waals surface area contributed by atoms with Gasteiger partial charge >= 0.3 is 0 Å². The molecule has 0 aliphatic heterocycles. The molecule has 0 aromatic carbocycles. The van der Waals surface area contributed by atoms with Gasteiger partial charge in [0.25, 0.3) is 0 Å². The Hall–Kier alpha value is -0.736. The van der Waals surface area contributed by atoms with Crippen molar-refractivity contribution >= 4 is 39.3 Å². The largest absolute Gasteiger partial charge is 0.416 e. The van der Waals surface area contributed by atoms with Gasteiger partial charge in [-0.15, -0.1) is 0 Å². The summed E-state index contributed by atoms with van der Waals surface area (Å²) < 4.78 is 16.1. The van der Waals surface area contributed by atoms with E-state index in [0.717, 1.165) is 42.7 Å². The molecule has 0 N–H and O–H groups in total. The number of aromatic nitrogens is 3. The van der Waals surface area contributed by atoms with Crippen LogP contribution in [0, 0.1) is 5.92 Å². The number of aryl methyl sites for hydroxylation is 1. The molecule has 8 heteroatoms. The zero-order chi connectivity index (χ0) is 25.7. The first-order chi connectivity index (χ1) is 15.5. The van der Waals surface area contributed by atoms with Crippen LogP contribution < -0.4 is 0 Å². The molecule has 1 aliphatic rings. The molecular weight excluding hydrogens is 478 g/mol. The molecule has 34 heavy (non-hydrogen) atoms. The Bertz CT molecular complexity index is 1010. The van der Waals surface area contributed by atoms with E-state index in [4.69, 9.17) is 25.4 Å². The van der Waals surface area contributed by atoms with Crippen LogP contribution in [0.1, 0.15) is 73.2 Å². The molecule has 0 bridgehead atoms. The Labute approximate surface area is 214 Å². The van der Waals surface area contributed by atoms with Crippen molar-refractivity contribution in [3.63, 3.8) is 0 Å². The first-order valence-electron chi connectivity index (χ1n) is 12.8. The Morgan fingerprint density at radius 1 is 1.00 bits per heavy atom. The van der Waals surface area contributed by atoms with E-state index < -0.39 is 16.6 Å². The van der Waals surface area contributed by atoms with Crippen LogP contribution in [-0.4, -0.2) is 43.9 Å². The molecule has 3 atom stereocenters. The van der Waals surface area contributed by atoms with Crippen molar-refractivity contribution in [2.24, 2.45) is 5.92 Å². The molecule has 5 nitrogen and oxygen atoms in total. The highest BCUT2D eigenvalue weighted by atomic mass is 35.5. The predicted octanol–water partition coefficient (Wildman–Crippen LogP) is 8.01. The predicted molar refractivity (Wildman–Crippen MR) is 149 cm³/mol. The van der Waals surface area contributed by atoms with Gasteiger partial charge in [-0.2, -0.15) is 0 Å². The fraction of sp³-hybridized carbons (Fsp3) is 0.769. The van der Waals surface area contributed by atoms with Gasteiger partial charge < -0.3 is 13.4 Å². The summed E-state index contributed by atoms with van der Waals surface area (Å²) in [5, 5.41) is 1.85. The maximum Gasteiger partial charge on any atom is 0.192 e. The van der Waals surface area contributed by atoms with Crippen molar-refractivity contribution in [3.8, 4) is 0 Å². The fourth-order valence-electron chi connectivity index (χ4n) is 4.18. The van der Waals surface area contributed by atoms with Crippen LogP contribution in [0.25, 0.3) is 11.0 Å². The van der Waals surface area contributed by atoms with Crippen molar-refractivity contribution in [1.82, 2.24) is 14.5 Å². The number of hydrogen-bond acceptors (Lipinski definition) is 4. The highest BCUT2D eigenvalue weighted by molar-refractivity contribution is 6.74. The van der Waals surface area contributed by atoms with E-state index in [2.05, 4.69) is 96.5 Å². The Morgan fingerprint density at radius 2 is 1.62 bits per heavy atom. The van der Waals surface area contributed by atoms with E-state index >= 15 is 0 Å². The molecule has 0 unspecified atom stereocenters. The molecule has 2 heterocycles. The summed E-state index contributed by atoms with van der Waals surface area (Å²) in [4.78, 5) is 9.30. The molecule has 3 rings (SSSR count). The minimum atomic E-state index is -1.92. The van der Waals surface area contributed by atoms with Crippen LogP contribution in [0.2, 0.25) is 41.4 Å². The Morgan fingerprint density at radius 3 is 2.18 bits per heavy atom. The van der Waals surface area contributed by atoms with Crippen LogP contribution in [-0.2, 0) is 15.3 Å². The maximum atomic E-state index is 7.04. The van der Waals surface area contributed by atoms with E-state index in [1.54, 1.807) is 0 Å². The second-order valence-electron chi connectivity index (χ2n) is 13.1. The smallest absolute Gasteiger partial charge is 0.192 e. The molecule has 0 saturated heterocycles. The lowest BCUT2D eigenvalue weighted by molar-refractivity contribution is 0.101. The summed E-state index contributed by atoms with van der Waals surface area (Å²) in [6, 6.07) is 2.37. The maximum absolute atomic E-state index is 7.04. The Balaban J connectivity index is 1.91. The third-order valence-corrected chi connectivity index (χ3v) is 17.9. The molecule has 1 aliphatic carbocycles. The van der Waals surface area contributed by atoms with Gasteiger partial charge in [0.1, 0.15) is 16.6 Å². The van der Waals surface area contributed by atoms with Gasteiger partial charge in [0.15, 0.2) is 16.6 Å². The summed E-state index contributed by atoms with van der Waals surface area (Å²) in [5.41, 5.74) is 0.943. The minimum Gasteiger partial charge on any atom is -0.416 e. The number of rotatable bonds is 7. The van der Waals surface area contributed by atoms with Crippen molar-refractivity contribution < 1.29 is 8.85 Å². The summed E-state index contributed by atoms with van der Waals surface area (Å²) in [7, 11) is -3.75. The van der Waals surface area contributed by atoms with Crippen molar-refractivity contribution in [1.29, 1.82) is 0 Å². The van der Waals surface area contributed by atoms with Gasteiger partial charge in [-0.05, 0) is 55.2 Å². The molecule has 2 aromatic heterocycles. The summed E-state index contributed by atoms with van der Waals surface area (Å²) >= 11 is 6.50. The van der Waals surface area contributed by atoms with Crippen molar-refractivity contribution in [3.05, 3.63) is 23.2 Å². The summed E-state index contributed by atoms with van der Waals surface area (Å²) in [5.74, 6) is 1.16. The van der Waals surface area contributed by atoms with E-state index in [0.29, 0.717) is 17.1 Å². The minimum absolute atomic E-state index is 0.173. The molecule has 192 valence electrons. The second-order valence-corrected chi connectivity index (χ2v) is 23.0. The quantitative estimate of drug-likeness (QED) is 0.272. The molecule has 0 spiro atoms. The third-order valence-electron chi connectivity index (χ3n) is 8.60. The van der Waals surface area contributed by atoms with Crippen LogP contribution in [0.3, 0.4) is 0 Å². The number of nitrogens with zero attached hydrogens (tertiary/aromatic N) is 3. The van der Waals surface area contributed by atoms with Gasteiger partial charge in [-0.1, -0.05) is 60.1 Å². The summed E-state index contributed by atoms with van der Waals surface area (Å²) in [6.07, 6.45) is 5.10. The van der Waals surface area contributed by atoms with E-state index in [1.807, 2.05) is 0 Å². The standard InChI is InChI=1S/C26H46ClN3O2Si2/c1-12-22-28-23(27)20-13-14-30(24(20)29-22)19-15-18(17-31-33(8,9)25(2,3)4)21(16-19)32-34(10,11)26(5,6)7/h13-14,18-19,21H,12,15-17H2,1-11H3/t18-,19+,21-/m0/s1. The van der Waals surface area contributed by atoms with E-state index in [-0.39, 0.29) is 16.2 Å². The number of hydrogen-bond donors (Lipinski definition) is 0. The lowest BCUT2D eigenvalue weighted by atomic mass is 10.1. The second kappa shape index (κ2) is 9.62. The molecular formula is C26H46ClN3O2Si2. The normalized spacial score (nSPS) is 22.6. The third kappa shape index (κ3) is 5.64. The Kier molecular flexibility index (Phi) is 7.88. The van der Waals surface area contributed by atoms with Gasteiger partial charge in [-0.3, -0.25) is 0 Å². The average Bonchev–Trinajstić information content (AvgIpc) is 3.28. The lowest BCUT2D eigenvalue weighted by Crippen LogP contribution is -2.46. The molecule has 0 radical (unpaired) electrons. The van der Waals surface area contributed by atoms with Gasteiger partial charge in [-0.25, -0.2) is 9.97 Å². The topological polar surface area (TPSA) is 49.2 Å². The zero-order valence-electron chi connectivity index (χ0n) is 23.3. The van der Waals surface area contributed by atoms with Crippen LogP contribution in [0.4, 0.5) is 0 Å². The first-order valence-corrected chi connectivity index (χ1v) is 19.0. The first kappa shape index (κ1) is 27.8. The lowest BCUT2D eigenvalue weighted by Gasteiger charge is -2.41. The van der Waals surface area contributed by atoms with Crippen LogP contribution in [0.15, 0.2) is 12.3 Å². The number of fused-ring (bicyclic) bond motifs is 1. The van der Waals surface area contributed by atoms with Crippen LogP contribution in [0.5, 0.6) is 0 Å². The van der Waals surface area contributed by atoms with Crippen molar-refractivity contribution in [2.45, 2.75) is 116 Å². The highest BCUT2D eigenvalue weighted by Gasteiger charge is 2.46. The molecule has 1 fully saturated rings. The van der Waals surface area contributed by atoms with Gasteiger partial charge in [0.2, 0.25) is 0 Å². The fourth-order valence-corrected chi connectivity index (χ4v) is 6.89. The monoisotopic (exact) mass is 523 g/mol. The van der Waals surface area contributed by atoms with E-state index in [9.17, 15) is 0 Å². The van der Waals surface area contributed by atoms with Gasteiger partial charge in [0.05, 0.1) is 11.5 Å². The molecule has 1 saturated carbocycles. The summed E-state index contributed by atoms with van der Waals surface area (Å²) in [6.45, 7) is 26.1. The average molecular weight is 524 g/mol. The van der Waals surface area contributed by atoms with E-state index in [1.165, 1.54) is 0 Å².